The van der Waals surface area contributed by atoms with E-state index in [1.54, 1.807) is 17.7 Å². The van der Waals surface area contributed by atoms with Crippen LogP contribution in [-0.4, -0.2) is 23.7 Å². The summed E-state index contributed by atoms with van der Waals surface area (Å²) in [4.78, 5) is 26.2. The van der Waals surface area contributed by atoms with Crippen molar-refractivity contribution in [3.63, 3.8) is 0 Å². The first-order valence-corrected chi connectivity index (χ1v) is 10.6. The molecule has 7 heteroatoms. The number of nitrogens with zero attached hydrogens (tertiary/aromatic N) is 1. The van der Waals surface area contributed by atoms with E-state index < -0.39 is 0 Å². The second-order valence-electron chi connectivity index (χ2n) is 7.33. The third-order valence-electron chi connectivity index (χ3n) is 5.41. The average molecular weight is 420 g/mol. The van der Waals surface area contributed by atoms with Crippen LogP contribution < -0.4 is 20.3 Å². The summed E-state index contributed by atoms with van der Waals surface area (Å²) in [6.45, 7) is 2.98. The molecule has 4 aromatic rings. The molecule has 1 amide bonds. The van der Waals surface area contributed by atoms with Crippen LogP contribution in [0.25, 0.3) is 21.0 Å². The SMILES string of the molecule is C[C@H](NC(=O)c1cc2c(=O)n(C)c3ccccc3c2s1)c1ccc2c(c1)OCCO2. The number of nitrogens with one attached hydrogen (secondary N) is 1. The van der Waals surface area contributed by atoms with Gasteiger partial charge in [0.15, 0.2) is 11.5 Å². The molecule has 30 heavy (non-hydrogen) atoms. The van der Waals surface area contributed by atoms with Crippen molar-refractivity contribution in [2.45, 2.75) is 13.0 Å². The van der Waals surface area contributed by atoms with Gasteiger partial charge in [-0.05, 0) is 36.8 Å². The van der Waals surface area contributed by atoms with E-state index in [9.17, 15) is 9.59 Å². The van der Waals surface area contributed by atoms with Gasteiger partial charge in [-0.1, -0.05) is 24.3 Å². The zero-order valence-electron chi connectivity index (χ0n) is 16.6. The number of carbonyl (C=O) groups excluding carboxylic acids is 1. The van der Waals surface area contributed by atoms with Gasteiger partial charge in [-0.3, -0.25) is 9.59 Å². The number of rotatable bonds is 3. The van der Waals surface area contributed by atoms with Crippen molar-refractivity contribution in [1.29, 1.82) is 0 Å². The number of hydrogen-bond donors (Lipinski definition) is 1. The Kier molecular flexibility index (Phi) is 4.47. The quantitative estimate of drug-likeness (QED) is 0.544. The minimum Gasteiger partial charge on any atom is -0.486 e. The third kappa shape index (κ3) is 3.02. The molecule has 1 aliphatic heterocycles. The molecule has 152 valence electrons. The smallest absolute Gasteiger partial charge is 0.261 e. The fraction of sp³-hybridized carbons (Fsp3) is 0.217. The van der Waals surface area contributed by atoms with Crippen molar-refractivity contribution in [3.8, 4) is 11.5 Å². The number of ether oxygens (including phenoxy) is 2. The van der Waals surface area contributed by atoms with Crippen molar-refractivity contribution in [2.75, 3.05) is 13.2 Å². The van der Waals surface area contributed by atoms with E-state index in [4.69, 9.17) is 9.47 Å². The van der Waals surface area contributed by atoms with Crippen molar-refractivity contribution in [2.24, 2.45) is 7.05 Å². The van der Waals surface area contributed by atoms with E-state index in [2.05, 4.69) is 5.32 Å². The predicted octanol–water partition coefficient (Wildman–Crippen LogP) is 4.02. The third-order valence-corrected chi connectivity index (χ3v) is 6.58. The highest BCUT2D eigenvalue weighted by atomic mass is 32.1. The molecule has 0 bridgehead atoms. The standard InChI is InChI=1S/C23H20N2O4S/c1-13(14-7-8-18-19(11-14)29-10-9-28-18)24-22(26)20-12-16-21(30-20)15-5-3-4-6-17(15)25(2)23(16)27/h3-8,11-13H,9-10H2,1-2H3,(H,24,26)/t13-/m0/s1. The van der Waals surface area contributed by atoms with E-state index in [0.29, 0.717) is 29.2 Å². The Morgan fingerprint density at radius 3 is 2.67 bits per heavy atom. The lowest BCUT2D eigenvalue weighted by Crippen LogP contribution is -2.26. The van der Waals surface area contributed by atoms with Crippen LogP contribution in [0.5, 0.6) is 11.5 Å². The first kappa shape index (κ1) is 18.7. The van der Waals surface area contributed by atoms with Crippen LogP contribution in [0.3, 0.4) is 0 Å². The summed E-state index contributed by atoms with van der Waals surface area (Å²) >= 11 is 1.35. The molecule has 6 nitrogen and oxygen atoms in total. The summed E-state index contributed by atoms with van der Waals surface area (Å²) in [7, 11) is 1.76. The normalized spacial score (nSPS) is 14.1. The number of amides is 1. The monoisotopic (exact) mass is 420 g/mol. The summed E-state index contributed by atoms with van der Waals surface area (Å²) in [5.74, 6) is 1.21. The van der Waals surface area contributed by atoms with Gasteiger partial charge in [0, 0.05) is 17.1 Å². The lowest BCUT2D eigenvalue weighted by Gasteiger charge is -2.21. The molecule has 0 saturated heterocycles. The number of hydrogen-bond acceptors (Lipinski definition) is 5. The van der Waals surface area contributed by atoms with E-state index in [-0.39, 0.29) is 17.5 Å². The van der Waals surface area contributed by atoms with Crippen molar-refractivity contribution >= 4 is 38.2 Å². The summed E-state index contributed by atoms with van der Waals surface area (Å²) in [5, 5.41) is 4.57. The summed E-state index contributed by atoms with van der Waals surface area (Å²) in [5.41, 5.74) is 1.68. The summed E-state index contributed by atoms with van der Waals surface area (Å²) in [6.07, 6.45) is 0. The van der Waals surface area contributed by atoms with Gasteiger partial charge in [0.1, 0.15) is 13.2 Å². The molecule has 1 aliphatic rings. The molecule has 0 unspecified atom stereocenters. The minimum atomic E-state index is -0.224. The summed E-state index contributed by atoms with van der Waals surface area (Å²) < 4.78 is 13.7. The van der Waals surface area contributed by atoms with Crippen LogP contribution in [0.4, 0.5) is 0 Å². The molecule has 3 heterocycles. The minimum absolute atomic E-state index is 0.0983. The molecule has 0 saturated carbocycles. The Balaban J connectivity index is 1.47. The van der Waals surface area contributed by atoms with Crippen molar-refractivity contribution in [3.05, 3.63) is 69.3 Å². The highest BCUT2D eigenvalue weighted by molar-refractivity contribution is 7.21. The molecular weight excluding hydrogens is 400 g/mol. The lowest BCUT2D eigenvalue weighted by atomic mass is 10.1. The molecular formula is C23H20N2O4S. The van der Waals surface area contributed by atoms with Gasteiger partial charge in [0.25, 0.3) is 11.5 Å². The maximum Gasteiger partial charge on any atom is 0.261 e. The Bertz CT molecular complexity index is 1350. The zero-order chi connectivity index (χ0) is 20.8. The molecule has 0 aliphatic carbocycles. The molecule has 2 aromatic carbocycles. The van der Waals surface area contributed by atoms with Crippen LogP contribution in [-0.2, 0) is 7.05 Å². The molecule has 2 aromatic heterocycles. The molecule has 0 spiro atoms. The number of benzene rings is 2. The first-order chi connectivity index (χ1) is 14.5. The van der Waals surface area contributed by atoms with Crippen LogP contribution in [0.15, 0.2) is 53.3 Å². The lowest BCUT2D eigenvalue weighted by molar-refractivity contribution is 0.0944. The van der Waals surface area contributed by atoms with Gasteiger partial charge >= 0.3 is 0 Å². The van der Waals surface area contributed by atoms with Gasteiger partial charge < -0.3 is 19.4 Å². The molecule has 5 rings (SSSR count). The maximum atomic E-state index is 13.0. The van der Waals surface area contributed by atoms with Crippen molar-refractivity contribution < 1.29 is 14.3 Å². The fourth-order valence-corrected chi connectivity index (χ4v) is 4.88. The van der Waals surface area contributed by atoms with E-state index >= 15 is 0 Å². The van der Waals surface area contributed by atoms with Gasteiger partial charge in [0.2, 0.25) is 0 Å². The van der Waals surface area contributed by atoms with Gasteiger partial charge in [0.05, 0.1) is 21.8 Å². The summed E-state index contributed by atoms with van der Waals surface area (Å²) in [6, 6.07) is 14.9. The topological polar surface area (TPSA) is 69.6 Å². The number of fused-ring (bicyclic) bond motifs is 4. The molecule has 1 N–H and O–H groups in total. The molecule has 0 radical (unpaired) electrons. The first-order valence-electron chi connectivity index (χ1n) is 9.74. The molecule has 1 atom stereocenters. The van der Waals surface area contributed by atoms with E-state index in [1.807, 2.05) is 49.4 Å². The number of para-hydroxylation sites is 1. The van der Waals surface area contributed by atoms with Gasteiger partial charge in [-0.15, -0.1) is 11.3 Å². The Hall–Kier alpha value is -3.32. The van der Waals surface area contributed by atoms with Gasteiger partial charge in [-0.25, -0.2) is 0 Å². The number of thiophene rings is 1. The van der Waals surface area contributed by atoms with E-state index in [0.717, 1.165) is 26.9 Å². The highest BCUT2D eigenvalue weighted by Gasteiger charge is 2.19. The van der Waals surface area contributed by atoms with Crippen LogP contribution in [0, 0.1) is 0 Å². The Morgan fingerprint density at radius 2 is 1.83 bits per heavy atom. The number of pyridine rings is 1. The number of aromatic nitrogens is 1. The largest absolute Gasteiger partial charge is 0.486 e. The highest BCUT2D eigenvalue weighted by Crippen LogP contribution is 2.33. The van der Waals surface area contributed by atoms with Crippen LogP contribution >= 0.6 is 11.3 Å². The average Bonchev–Trinajstić information content (AvgIpc) is 3.23. The number of aryl methyl sites for hydroxylation is 1. The van der Waals surface area contributed by atoms with Crippen molar-refractivity contribution in [1.82, 2.24) is 9.88 Å². The van der Waals surface area contributed by atoms with Crippen LogP contribution in [0.2, 0.25) is 0 Å². The van der Waals surface area contributed by atoms with E-state index in [1.165, 1.54) is 11.3 Å². The van der Waals surface area contributed by atoms with Crippen LogP contribution in [0.1, 0.15) is 28.2 Å². The predicted molar refractivity (Wildman–Crippen MR) is 118 cm³/mol. The fourth-order valence-electron chi connectivity index (χ4n) is 3.79. The Labute approximate surface area is 176 Å². The number of carbonyl (C=O) groups is 1. The zero-order valence-corrected chi connectivity index (χ0v) is 17.4. The Morgan fingerprint density at radius 1 is 1.07 bits per heavy atom. The second kappa shape index (κ2) is 7.18. The van der Waals surface area contributed by atoms with Gasteiger partial charge in [-0.2, -0.15) is 0 Å². The maximum absolute atomic E-state index is 13.0. The molecule has 0 fully saturated rings. The second-order valence-corrected chi connectivity index (χ2v) is 8.39.